The number of aryl methyl sites for hydroxylation is 2. The summed E-state index contributed by atoms with van der Waals surface area (Å²) in [6.07, 6.45) is 8.78. The van der Waals surface area contributed by atoms with E-state index in [1.807, 2.05) is 32.9 Å². The van der Waals surface area contributed by atoms with Crippen LogP contribution in [0.25, 0.3) is 10.9 Å². The van der Waals surface area contributed by atoms with Gasteiger partial charge in [-0.05, 0) is 90.0 Å². The third kappa shape index (κ3) is 8.34. The fraction of sp³-hybridized carbons (Fsp3) is 0.550. The highest BCUT2D eigenvalue weighted by Gasteiger charge is 2.63. The number of benzene rings is 1. The van der Waals surface area contributed by atoms with Crippen molar-refractivity contribution in [2.24, 2.45) is 13.0 Å². The molecular weight excluding hydrogens is 774 g/mol. The van der Waals surface area contributed by atoms with E-state index in [0.29, 0.717) is 59.7 Å². The van der Waals surface area contributed by atoms with Crippen LogP contribution in [0.5, 0.6) is 11.6 Å². The van der Waals surface area contributed by atoms with Gasteiger partial charge in [0.1, 0.15) is 35.2 Å². The van der Waals surface area contributed by atoms with E-state index in [0.717, 1.165) is 18.4 Å². The van der Waals surface area contributed by atoms with Gasteiger partial charge in [-0.1, -0.05) is 36.6 Å². The molecule has 0 unspecified atom stereocenters. The van der Waals surface area contributed by atoms with Crippen molar-refractivity contribution in [1.82, 2.24) is 35.0 Å². The maximum absolute atomic E-state index is 14.7. The number of carbonyl (C=O) groups excluding carboxylic acids is 4. The normalized spacial score (nSPS) is 26.1. The van der Waals surface area contributed by atoms with Crippen LogP contribution in [0.2, 0.25) is 5.02 Å². The number of halogens is 1. The first kappa shape index (κ1) is 40.5. The van der Waals surface area contributed by atoms with Crippen molar-refractivity contribution in [2.45, 2.75) is 120 Å². The molecule has 7 rings (SSSR count). The van der Waals surface area contributed by atoms with Crippen LogP contribution in [-0.4, -0.2) is 92.8 Å². The van der Waals surface area contributed by atoms with E-state index < -0.39 is 68.0 Å². The number of hydrogen-bond acceptors (Lipinski definition) is 10. The first-order chi connectivity index (χ1) is 27.0. The van der Waals surface area contributed by atoms with Crippen molar-refractivity contribution < 1.29 is 37.1 Å². The fourth-order valence-corrected chi connectivity index (χ4v) is 9.11. The summed E-state index contributed by atoms with van der Waals surface area (Å²) in [6, 6.07) is 4.63. The summed E-state index contributed by atoms with van der Waals surface area (Å²) in [5, 5.41) is 11.1. The minimum absolute atomic E-state index is 0.0289. The quantitative estimate of drug-likeness (QED) is 0.263. The number of fused-ring (bicyclic) bond motifs is 3. The molecule has 0 bridgehead atoms. The molecule has 306 valence electrons. The largest absolute Gasteiger partial charge is 0.488 e. The van der Waals surface area contributed by atoms with Crippen molar-refractivity contribution in [3.63, 3.8) is 0 Å². The molecule has 2 saturated carbocycles. The molecular formula is C40H50ClN7O8S. The van der Waals surface area contributed by atoms with Crippen molar-refractivity contribution >= 4 is 56.2 Å². The van der Waals surface area contributed by atoms with Crippen LogP contribution in [-0.2, 0) is 31.5 Å². The topological polar surface area (TPSA) is 191 Å². The monoisotopic (exact) mass is 823 g/mol. The van der Waals surface area contributed by atoms with Crippen LogP contribution in [0.1, 0.15) is 94.6 Å². The number of ether oxygens (including phenoxy) is 2. The number of amides is 4. The predicted octanol–water partition coefficient (Wildman–Crippen LogP) is 4.26. The number of pyridine rings is 1. The smallest absolute Gasteiger partial charge is 0.272 e. The second-order valence-electron chi connectivity index (χ2n) is 16.3. The van der Waals surface area contributed by atoms with Gasteiger partial charge in [0.15, 0.2) is 0 Å². The first-order valence-corrected chi connectivity index (χ1v) is 21.5. The van der Waals surface area contributed by atoms with Crippen LogP contribution < -0.4 is 24.8 Å². The Bertz CT molecular complexity index is 2240. The fourth-order valence-electron chi connectivity index (χ4n) is 7.64. The SMILES string of the molecule is Cc1c(Cl)ccc2c(O[C@@H]3C[C@H]4C(=O)N[C@]5(C(=O)NS(=O)(=O)C6(C)CC6)C[C@H]5C=CCCCCC[C@H](NC(=O)c5ccn(C)n5)C(=O)N4C3)cc(OC(C)C)nc12. The number of allylic oxidation sites excluding steroid dienone is 1. The molecule has 4 amide bonds. The lowest BCUT2D eigenvalue weighted by Gasteiger charge is -2.30. The van der Waals surface area contributed by atoms with Crippen molar-refractivity contribution in [3.05, 3.63) is 58.9 Å². The van der Waals surface area contributed by atoms with Crippen molar-refractivity contribution in [1.29, 1.82) is 0 Å². The summed E-state index contributed by atoms with van der Waals surface area (Å²) in [4.78, 5) is 62.7. The highest BCUT2D eigenvalue weighted by molar-refractivity contribution is 7.91. The van der Waals surface area contributed by atoms with Gasteiger partial charge < -0.3 is 25.0 Å². The molecule has 2 aliphatic carbocycles. The third-order valence-electron chi connectivity index (χ3n) is 11.5. The summed E-state index contributed by atoms with van der Waals surface area (Å²) in [5.74, 6) is -2.17. The Labute approximate surface area is 337 Å². The lowest BCUT2D eigenvalue weighted by molar-refractivity contribution is -0.141. The highest BCUT2D eigenvalue weighted by Crippen LogP contribution is 2.47. The zero-order valence-corrected chi connectivity index (χ0v) is 34.4. The minimum atomic E-state index is -4.00. The molecule has 15 nitrogen and oxygen atoms in total. The Morgan fingerprint density at radius 3 is 2.60 bits per heavy atom. The summed E-state index contributed by atoms with van der Waals surface area (Å²) in [6.45, 7) is 7.16. The van der Waals surface area contributed by atoms with Gasteiger partial charge in [-0.25, -0.2) is 13.4 Å². The van der Waals surface area contributed by atoms with Gasteiger partial charge in [0.25, 0.3) is 11.8 Å². The van der Waals surface area contributed by atoms with E-state index in [1.165, 1.54) is 9.58 Å². The number of nitrogens with zero attached hydrogens (tertiary/aromatic N) is 4. The molecule has 5 atom stereocenters. The average molecular weight is 824 g/mol. The molecule has 0 radical (unpaired) electrons. The van der Waals surface area contributed by atoms with Crippen molar-refractivity contribution in [3.8, 4) is 11.6 Å². The maximum atomic E-state index is 14.7. The molecule has 17 heteroatoms. The van der Waals surface area contributed by atoms with Gasteiger partial charge in [-0.15, -0.1) is 0 Å². The maximum Gasteiger partial charge on any atom is 0.272 e. The predicted molar refractivity (Wildman–Crippen MR) is 212 cm³/mol. The Hall–Kier alpha value is -4.70. The van der Waals surface area contributed by atoms with Gasteiger partial charge in [0.2, 0.25) is 27.7 Å². The highest BCUT2D eigenvalue weighted by atomic mass is 35.5. The van der Waals surface area contributed by atoms with Gasteiger partial charge >= 0.3 is 0 Å². The first-order valence-electron chi connectivity index (χ1n) is 19.6. The van der Waals surface area contributed by atoms with Crippen LogP contribution in [0.4, 0.5) is 0 Å². The third-order valence-corrected chi connectivity index (χ3v) is 14.1. The summed E-state index contributed by atoms with van der Waals surface area (Å²) >= 11 is 6.48. The summed E-state index contributed by atoms with van der Waals surface area (Å²) in [7, 11) is -2.32. The van der Waals surface area contributed by atoms with E-state index in [4.69, 9.17) is 21.1 Å². The van der Waals surface area contributed by atoms with Gasteiger partial charge in [0.05, 0.1) is 22.9 Å². The summed E-state index contributed by atoms with van der Waals surface area (Å²) < 4.78 is 41.7. The lowest BCUT2D eigenvalue weighted by atomic mass is 10.0. The minimum Gasteiger partial charge on any atom is -0.488 e. The lowest BCUT2D eigenvalue weighted by Crippen LogP contribution is -2.58. The molecule has 4 aliphatic rings. The molecule has 2 aromatic heterocycles. The number of nitrogens with one attached hydrogen (secondary N) is 3. The molecule has 3 aromatic rings. The molecule has 3 N–H and O–H groups in total. The Morgan fingerprint density at radius 1 is 1.12 bits per heavy atom. The van der Waals surface area contributed by atoms with Crippen molar-refractivity contribution in [2.75, 3.05) is 6.54 Å². The van der Waals surface area contributed by atoms with E-state index >= 15 is 0 Å². The second-order valence-corrected chi connectivity index (χ2v) is 18.9. The Kier molecular flexibility index (Phi) is 11.1. The number of rotatable bonds is 9. The zero-order chi connectivity index (χ0) is 40.9. The van der Waals surface area contributed by atoms with Gasteiger partial charge in [0, 0.05) is 42.1 Å². The van der Waals surface area contributed by atoms with E-state index in [9.17, 15) is 27.6 Å². The average Bonchev–Trinajstić information content (AvgIpc) is 3.95. The molecule has 0 spiro atoms. The molecule has 1 aromatic carbocycles. The van der Waals surface area contributed by atoms with Crippen LogP contribution in [0, 0.1) is 12.8 Å². The molecule has 2 aliphatic heterocycles. The van der Waals surface area contributed by atoms with Gasteiger partial charge in [-0.3, -0.25) is 28.6 Å². The molecule has 4 heterocycles. The summed E-state index contributed by atoms with van der Waals surface area (Å²) in [5.41, 5.74) is -0.0912. The number of hydrogen-bond donors (Lipinski definition) is 3. The van der Waals surface area contributed by atoms with Crippen LogP contribution >= 0.6 is 11.6 Å². The molecule has 1 saturated heterocycles. The second kappa shape index (κ2) is 15.6. The zero-order valence-electron chi connectivity index (χ0n) is 32.8. The number of aromatic nitrogens is 3. The van der Waals surface area contributed by atoms with Gasteiger partial charge in [-0.2, -0.15) is 5.10 Å². The van der Waals surface area contributed by atoms with E-state index in [-0.39, 0.29) is 31.2 Å². The van der Waals surface area contributed by atoms with Crippen LogP contribution in [0.15, 0.2) is 42.6 Å². The molecule has 3 fully saturated rings. The number of sulfonamides is 1. The Balaban J connectivity index is 1.23. The number of carbonyl (C=O) groups is 4. The Morgan fingerprint density at radius 2 is 1.89 bits per heavy atom. The standard InChI is InChI=1S/C40H50ClN7O8S/c1-23(2)55-33-20-32(27-13-14-28(41)24(3)34(27)43-33)56-26-19-31-36(50)44-40(38(52)46-57(53,54)39(4)16-17-39)21-25(40)11-9-7-6-8-10-12-30(37(51)48(31)22-26)42-35(49)29-15-18-47(5)45-29/h9,11,13-15,18,20,23,25-26,30-31H,6-8,10,12,16-17,19,21-22H2,1-5H3,(H,42,49)(H,44,50)(H,46,52)/t25-,26-,30+,31+,40-/m1/s1. The van der Waals surface area contributed by atoms with Crippen LogP contribution in [0.3, 0.4) is 0 Å². The van der Waals surface area contributed by atoms with E-state index in [1.54, 1.807) is 44.4 Å². The molecule has 57 heavy (non-hydrogen) atoms. The van der Waals surface area contributed by atoms with E-state index in [2.05, 4.69) is 25.4 Å².